The van der Waals surface area contributed by atoms with Crippen molar-refractivity contribution in [1.29, 1.82) is 0 Å². The SMILES string of the molecule is CCC1(OC(=O)CC(C)(O)CC2CC3C=CC2C3)CCCCC1.CCC1(OC(=O)CC(C)(O)CCC2CC3C=CC2C3)CC2CCC1C2.CCC1(OC(=O)CC(O)CCC2CC3C=CC2C3)C2CC3CC(C2)CC1C3.CCC1(OC(=O)CC(O)CCC2CC3C=CC2C3)CC2CC1C1CCCC21. The number of esters is 4. The van der Waals surface area contributed by atoms with Crippen molar-refractivity contribution >= 4 is 23.9 Å². The highest BCUT2D eigenvalue weighted by atomic mass is 16.6. The maximum Gasteiger partial charge on any atom is 0.309 e. The molecule has 102 heavy (non-hydrogen) atoms. The summed E-state index contributed by atoms with van der Waals surface area (Å²) in [5.41, 5.74) is -2.81. The van der Waals surface area contributed by atoms with Gasteiger partial charge in [0.1, 0.15) is 22.4 Å². The lowest BCUT2D eigenvalue weighted by Gasteiger charge is -2.60. The molecule has 16 bridgehead atoms. The number of hydrogen-bond donors (Lipinski definition) is 4. The molecule has 18 aliphatic carbocycles. The second-order valence-corrected chi connectivity index (χ2v) is 39.2. The molecule has 0 aromatic carbocycles. The van der Waals surface area contributed by atoms with Crippen LogP contribution in [0, 0.1) is 130 Å². The molecule has 12 nitrogen and oxygen atoms in total. The van der Waals surface area contributed by atoms with E-state index in [1.165, 1.54) is 135 Å². The summed E-state index contributed by atoms with van der Waals surface area (Å²) in [6.07, 6.45) is 61.5. The summed E-state index contributed by atoms with van der Waals surface area (Å²) < 4.78 is 24.3. The van der Waals surface area contributed by atoms with Gasteiger partial charge in [0.05, 0.1) is 49.1 Å². The number of aliphatic hydroxyl groups is 4. The molecule has 0 spiro atoms. The van der Waals surface area contributed by atoms with E-state index in [1.54, 1.807) is 0 Å². The van der Waals surface area contributed by atoms with Gasteiger partial charge in [-0.1, -0.05) is 89.1 Å². The van der Waals surface area contributed by atoms with Crippen molar-refractivity contribution < 1.29 is 58.6 Å². The number of rotatable bonds is 27. The molecule has 0 aromatic rings. The number of carbonyl (C=O) groups is 4. The van der Waals surface area contributed by atoms with Gasteiger partial charge in [0.25, 0.3) is 0 Å². The van der Waals surface area contributed by atoms with Crippen molar-refractivity contribution in [3.63, 3.8) is 0 Å². The Morgan fingerprint density at radius 1 is 0.441 bits per heavy atom. The number of carbonyl (C=O) groups excluding carboxylic acids is 4. The molecular formula is C90H138O12. The lowest BCUT2D eigenvalue weighted by molar-refractivity contribution is -0.212. The van der Waals surface area contributed by atoms with Crippen LogP contribution in [-0.4, -0.2) is 90.1 Å². The Morgan fingerprint density at radius 2 is 0.931 bits per heavy atom. The maximum atomic E-state index is 12.7. The van der Waals surface area contributed by atoms with Gasteiger partial charge in [-0.3, -0.25) is 19.2 Å². The first kappa shape index (κ1) is 75.5. The van der Waals surface area contributed by atoms with Gasteiger partial charge in [0.2, 0.25) is 0 Å². The Morgan fingerprint density at radius 3 is 1.41 bits per heavy atom. The third-order valence-corrected chi connectivity index (χ3v) is 32.5. The fourth-order valence-corrected chi connectivity index (χ4v) is 27.5. The van der Waals surface area contributed by atoms with Crippen molar-refractivity contribution in [3.8, 4) is 0 Å². The minimum atomic E-state index is -0.941. The second kappa shape index (κ2) is 31.3. The van der Waals surface area contributed by atoms with Gasteiger partial charge in [0.15, 0.2) is 0 Å². The maximum absolute atomic E-state index is 12.7. The predicted octanol–water partition coefficient (Wildman–Crippen LogP) is 18.8. The Bertz CT molecular complexity index is 2990. The Hall–Kier alpha value is -3.32. The van der Waals surface area contributed by atoms with Crippen LogP contribution in [0.1, 0.15) is 311 Å². The quantitative estimate of drug-likeness (QED) is 0.0347. The number of hydrogen-bond acceptors (Lipinski definition) is 12. The van der Waals surface area contributed by atoms with Crippen LogP contribution in [0.15, 0.2) is 48.6 Å². The summed E-state index contributed by atoms with van der Waals surface area (Å²) >= 11 is 0. The average molecular weight is 1410 g/mol. The van der Waals surface area contributed by atoms with E-state index in [-0.39, 0.29) is 72.0 Å². The van der Waals surface area contributed by atoms with E-state index in [2.05, 4.69) is 76.3 Å². The lowest BCUT2D eigenvalue weighted by atomic mass is 9.49. The predicted molar refractivity (Wildman–Crippen MR) is 399 cm³/mol. The zero-order valence-electron chi connectivity index (χ0n) is 64.2. The van der Waals surface area contributed by atoms with E-state index in [0.29, 0.717) is 66.1 Å². The van der Waals surface area contributed by atoms with Crippen molar-refractivity contribution in [2.75, 3.05) is 0 Å². The van der Waals surface area contributed by atoms with Gasteiger partial charge in [0, 0.05) is 5.92 Å². The van der Waals surface area contributed by atoms with E-state index in [9.17, 15) is 39.6 Å². The molecule has 0 radical (unpaired) electrons. The highest BCUT2D eigenvalue weighted by Gasteiger charge is 2.63. The summed E-state index contributed by atoms with van der Waals surface area (Å²) in [5, 5.41) is 42.4. The zero-order chi connectivity index (χ0) is 71.3. The second-order valence-electron chi connectivity index (χ2n) is 39.2. The third kappa shape index (κ3) is 16.6. The first-order chi connectivity index (χ1) is 48.9. The largest absolute Gasteiger partial charge is 0.459 e. The van der Waals surface area contributed by atoms with Gasteiger partial charge in [-0.15, -0.1) is 0 Å². The minimum absolute atomic E-state index is 0.131. The molecule has 18 rings (SSSR count). The van der Waals surface area contributed by atoms with E-state index < -0.39 is 23.4 Å². The van der Waals surface area contributed by atoms with Crippen molar-refractivity contribution in [2.24, 2.45) is 130 Å². The molecule has 12 heteroatoms. The summed E-state index contributed by atoms with van der Waals surface area (Å²) in [7, 11) is 0. The standard InChI is InChI=1S/2C24H36O3.C22H34O3.C20H32O3/c1-2-24(20-10-16-7-17(12-20)13-21(24)11-16)27-23(26)14-22(25)6-5-19-9-15-3-4-18(19)8-15;1-2-24(14-18-12-22(24)21-5-3-4-20(18)21)27-23(26)13-19(25)9-8-17-11-15-6-7-16(17)10-15;1-3-22(13-16-5-7-19(22)12-16)25-20(23)14-21(2,24)9-8-18-11-15-4-6-17(18)10-15;1-3-20(9-5-4-6-10-20)23-18(21)14-19(2,22)13-17-12-15-7-8-16(17)11-15/h3-4,15-22,25H,2,5-14H2,1H3;6-7,15-22,25H,2-5,8-14H2,1H3;4,6,15-19,24H,3,5,7-14H2,1-2H3;7-8,15-17,22H,3-6,9-14H2,1-2H3. The fraction of sp³-hybridized carbons (Fsp3) is 0.867. The molecule has 570 valence electrons. The molecule has 0 saturated heterocycles. The molecule has 24 unspecified atom stereocenters. The summed E-state index contributed by atoms with van der Waals surface area (Å²) in [5.74, 6) is 15.1. The van der Waals surface area contributed by atoms with E-state index in [4.69, 9.17) is 18.9 Å². The lowest BCUT2D eigenvalue weighted by Crippen LogP contribution is -2.59. The molecular weight excluding hydrogens is 1270 g/mol. The molecule has 0 heterocycles. The van der Waals surface area contributed by atoms with Gasteiger partial charge < -0.3 is 39.4 Å². The molecule has 14 saturated carbocycles. The molecule has 24 atom stereocenters. The first-order valence-corrected chi connectivity index (χ1v) is 43.3. The minimum Gasteiger partial charge on any atom is -0.459 e. The molecule has 0 aliphatic heterocycles. The van der Waals surface area contributed by atoms with Crippen LogP contribution in [0.25, 0.3) is 0 Å². The molecule has 18 aliphatic rings. The summed E-state index contributed by atoms with van der Waals surface area (Å²) in [6.45, 7) is 12.3. The number of fused-ring (bicyclic) bond motifs is 15. The van der Waals surface area contributed by atoms with Gasteiger partial charge in [-0.2, -0.15) is 0 Å². The van der Waals surface area contributed by atoms with E-state index in [0.717, 1.165) is 173 Å². The topological polar surface area (TPSA) is 186 Å². The van der Waals surface area contributed by atoms with Crippen LogP contribution >= 0.6 is 0 Å². The van der Waals surface area contributed by atoms with Crippen LogP contribution in [0.2, 0.25) is 0 Å². The molecule has 0 aromatic heterocycles. The number of allylic oxidation sites excluding steroid dienone is 8. The summed E-state index contributed by atoms with van der Waals surface area (Å²) in [4.78, 5) is 50.4. The normalized spacial score (nSPS) is 43.6. The Labute approximate surface area is 615 Å². The fourth-order valence-electron chi connectivity index (χ4n) is 27.5. The zero-order valence-corrected chi connectivity index (χ0v) is 64.2. The van der Waals surface area contributed by atoms with Crippen LogP contribution in [0.5, 0.6) is 0 Å². The van der Waals surface area contributed by atoms with Crippen molar-refractivity contribution in [2.45, 2.75) is 357 Å². The highest BCUT2D eigenvalue weighted by Crippen LogP contribution is 2.65. The third-order valence-electron chi connectivity index (χ3n) is 32.5. The van der Waals surface area contributed by atoms with E-state index >= 15 is 0 Å². The van der Waals surface area contributed by atoms with Crippen LogP contribution in [-0.2, 0) is 38.1 Å². The van der Waals surface area contributed by atoms with Crippen LogP contribution in [0.3, 0.4) is 0 Å². The summed E-state index contributed by atoms with van der Waals surface area (Å²) in [6, 6.07) is 0. The van der Waals surface area contributed by atoms with Gasteiger partial charge in [-0.05, 0) is 369 Å². The Kier molecular flexibility index (Phi) is 23.2. The molecule has 14 fully saturated rings. The van der Waals surface area contributed by atoms with Crippen molar-refractivity contribution in [1.82, 2.24) is 0 Å². The van der Waals surface area contributed by atoms with Gasteiger partial charge in [-0.25, -0.2) is 0 Å². The average Bonchev–Trinajstić information content (AvgIpc) is 1.31. The molecule has 0 amide bonds. The highest BCUT2D eigenvalue weighted by molar-refractivity contribution is 5.72. The van der Waals surface area contributed by atoms with Gasteiger partial charge >= 0.3 is 23.9 Å². The number of ether oxygens (including phenoxy) is 4. The van der Waals surface area contributed by atoms with Crippen molar-refractivity contribution in [3.05, 3.63) is 48.6 Å². The smallest absolute Gasteiger partial charge is 0.309 e. The van der Waals surface area contributed by atoms with E-state index in [1.807, 2.05) is 13.8 Å². The van der Waals surface area contributed by atoms with Crippen LogP contribution < -0.4 is 0 Å². The number of aliphatic hydroxyl groups excluding tert-OH is 2. The first-order valence-electron chi connectivity index (χ1n) is 43.3. The Balaban J connectivity index is 0.000000116. The monoisotopic (exact) mass is 1410 g/mol. The van der Waals surface area contributed by atoms with Crippen LogP contribution in [0.4, 0.5) is 0 Å². The molecule has 4 N–H and O–H groups in total.